The molecule has 9 rings (SSSR count). The number of halogens is 10. The molecule has 0 amide bonds. The van der Waals surface area contributed by atoms with Gasteiger partial charge in [0.1, 0.15) is 0 Å². The Hall–Kier alpha value is -8.42. The highest BCUT2D eigenvalue weighted by molar-refractivity contribution is 6.01. The number of nitro groups is 2. The van der Waals surface area contributed by atoms with Crippen LogP contribution in [0.15, 0.2) is 72.8 Å². The molecule has 3 aromatic heterocycles. The van der Waals surface area contributed by atoms with Crippen molar-refractivity contribution in [1.82, 2.24) is 19.9 Å². The Morgan fingerprint density at radius 1 is 0.359 bits per heavy atom. The van der Waals surface area contributed by atoms with Crippen LogP contribution >= 0.6 is 0 Å². The second kappa shape index (κ2) is 15.2. The summed E-state index contributed by atoms with van der Waals surface area (Å²) >= 11 is 0. The lowest BCUT2D eigenvalue weighted by atomic mass is 10.0. The lowest BCUT2D eigenvalue weighted by Gasteiger charge is -2.10. The number of H-pyrrole nitrogens is 2. The van der Waals surface area contributed by atoms with Gasteiger partial charge in [-0.25, -0.2) is 53.9 Å². The molecule has 7 aromatic rings. The first-order valence-electron chi connectivity index (χ1n) is 18.3. The number of rotatable bonds is 6. The summed E-state index contributed by atoms with van der Waals surface area (Å²) in [6, 6.07) is 14.7. The minimum atomic E-state index is -2.47. The maximum atomic E-state index is 15.9. The third kappa shape index (κ3) is 6.28. The minimum absolute atomic E-state index is 0.179. The first-order valence-corrected chi connectivity index (χ1v) is 18.3. The van der Waals surface area contributed by atoms with Gasteiger partial charge in [0.05, 0.1) is 54.9 Å². The largest absolute Gasteiger partial charge is 0.354 e. The number of benzene rings is 4. The fraction of sp³-hybridized carbons (Fsp3) is 0. The predicted octanol–water partition coefficient (Wildman–Crippen LogP) is 12.5. The van der Waals surface area contributed by atoms with Crippen LogP contribution in [0.1, 0.15) is 22.8 Å². The number of para-hydroxylation sites is 2. The van der Waals surface area contributed by atoms with Gasteiger partial charge in [-0.3, -0.25) is 20.2 Å². The Morgan fingerprint density at radius 3 is 0.938 bits per heavy atom. The summed E-state index contributed by atoms with van der Waals surface area (Å²) in [5.74, 6) is -23.3. The van der Waals surface area contributed by atoms with E-state index in [0.29, 0.717) is 0 Å². The average Bonchev–Trinajstić information content (AvgIpc) is 4.14. The summed E-state index contributed by atoms with van der Waals surface area (Å²) in [6.45, 7) is 0. The van der Waals surface area contributed by atoms with Gasteiger partial charge in [0, 0.05) is 56.5 Å². The van der Waals surface area contributed by atoms with Crippen LogP contribution in [0.25, 0.3) is 90.9 Å². The zero-order chi connectivity index (χ0) is 45.5. The lowest BCUT2D eigenvalue weighted by molar-refractivity contribution is -0.384. The fourth-order valence-corrected chi connectivity index (χ4v) is 7.64. The molecule has 0 spiro atoms. The number of fused-ring (bicyclic) bond motifs is 8. The first-order chi connectivity index (χ1) is 30.6. The van der Waals surface area contributed by atoms with E-state index in [1.54, 1.807) is 0 Å². The van der Waals surface area contributed by atoms with Crippen molar-refractivity contribution in [3.8, 4) is 44.5 Å². The molecule has 8 bridgehead atoms. The molecule has 5 heterocycles. The van der Waals surface area contributed by atoms with E-state index in [4.69, 9.17) is 0 Å². The van der Waals surface area contributed by atoms with Gasteiger partial charge in [-0.1, -0.05) is 24.3 Å². The van der Waals surface area contributed by atoms with Gasteiger partial charge >= 0.3 is 0 Å². The van der Waals surface area contributed by atoms with Crippen molar-refractivity contribution in [1.29, 1.82) is 0 Å². The van der Waals surface area contributed by atoms with Crippen LogP contribution in [0.5, 0.6) is 0 Å². The van der Waals surface area contributed by atoms with E-state index in [9.17, 15) is 46.6 Å². The molecule has 0 saturated heterocycles. The summed E-state index contributed by atoms with van der Waals surface area (Å²) in [7, 11) is 0. The lowest BCUT2D eigenvalue weighted by Crippen LogP contribution is -2.05. The summed E-state index contributed by atoms with van der Waals surface area (Å²) in [5, 5.41) is 24.8. The third-order valence-electron chi connectivity index (χ3n) is 10.4. The highest BCUT2D eigenvalue weighted by Gasteiger charge is 2.32. The summed E-state index contributed by atoms with van der Waals surface area (Å²) in [4.78, 5) is 37.7. The van der Waals surface area contributed by atoms with Gasteiger partial charge in [0.2, 0.25) is 11.6 Å². The van der Waals surface area contributed by atoms with Gasteiger partial charge in [-0.15, -0.1) is 0 Å². The topological polar surface area (TPSA) is 144 Å². The monoisotopic (exact) mass is 884 g/mol. The van der Waals surface area contributed by atoms with Gasteiger partial charge in [0.25, 0.3) is 11.4 Å². The minimum Gasteiger partial charge on any atom is -0.354 e. The highest BCUT2D eigenvalue weighted by atomic mass is 19.2. The standard InChI is InChI=1S/C44H18F10N6O4/c45-35-33(36(46)40(50)43(53)39(35)49)31-23-13-9-19(55-23)29(17-5-1-3-7-27(17)59(61)62)20-10-14-24(56-20)32(34-37(47)41(51)44(54)42(52)38(34)48)26-16-12-22(58-26)30(21-11-15-25(31)57-21)18-6-2-4-8-28(18)60(63)64/h1-16,55,58H. The second-order valence-corrected chi connectivity index (χ2v) is 13.9. The molecule has 2 N–H and O–H groups in total. The Bertz CT molecular complexity index is 3210. The van der Waals surface area contributed by atoms with Crippen LogP contribution in [0.4, 0.5) is 55.3 Å². The van der Waals surface area contributed by atoms with Gasteiger partial charge in [-0.2, -0.15) is 0 Å². The van der Waals surface area contributed by atoms with Gasteiger partial charge in [0.15, 0.2) is 46.5 Å². The molecule has 4 aromatic carbocycles. The van der Waals surface area contributed by atoms with E-state index in [0.717, 1.165) is 36.4 Å². The highest BCUT2D eigenvalue weighted by Crippen LogP contribution is 2.44. The Kier molecular flexibility index (Phi) is 9.72. The molecular weight excluding hydrogens is 867 g/mol. The van der Waals surface area contributed by atoms with E-state index < -0.39 is 124 Å². The van der Waals surface area contributed by atoms with E-state index in [1.165, 1.54) is 60.7 Å². The molecule has 0 radical (unpaired) electrons. The molecule has 0 fully saturated rings. The molecule has 20 heteroatoms. The smallest absolute Gasteiger partial charge is 0.277 e. The number of nitrogens with zero attached hydrogens (tertiary/aromatic N) is 4. The maximum absolute atomic E-state index is 15.9. The van der Waals surface area contributed by atoms with E-state index in [1.807, 2.05) is 0 Å². The fourth-order valence-electron chi connectivity index (χ4n) is 7.64. The van der Waals surface area contributed by atoms with Crippen molar-refractivity contribution in [2.24, 2.45) is 0 Å². The van der Waals surface area contributed by atoms with Crippen LogP contribution in [-0.4, -0.2) is 29.8 Å². The number of hydrogen-bond acceptors (Lipinski definition) is 6. The van der Waals surface area contributed by atoms with E-state index in [-0.39, 0.29) is 44.7 Å². The molecule has 0 aliphatic carbocycles. The van der Waals surface area contributed by atoms with Gasteiger partial charge < -0.3 is 9.97 Å². The molecular formula is C44H18F10N6O4. The number of nitro benzene ring substituents is 2. The first kappa shape index (κ1) is 41.0. The molecule has 2 aliphatic heterocycles. The van der Waals surface area contributed by atoms with Crippen molar-refractivity contribution in [2.45, 2.75) is 0 Å². The molecule has 64 heavy (non-hydrogen) atoms. The number of nitrogens with one attached hydrogen (secondary N) is 2. The summed E-state index contributed by atoms with van der Waals surface area (Å²) in [5.41, 5.74) is -9.04. The van der Waals surface area contributed by atoms with E-state index in [2.05, 4.69) is 19.9 Å². The van der Waals surface area contributed by atoms with Crippen molar-refractivity contribution in [3.63, 3.8) is 0 Å². The molecule has 318 valence electrons. The summed E-state index contributed by atoms with van der Waals surface area (Å²) < 4.78 is 152. The van der Waals surface area contributed by atoms with Gasteiger partial charge in [-0.05, 0) is 60.7 Å². The molecule has 10 nitrogen and oxygen atoms in total. The van der Waals surface area contributed by atoms with Crippen molar-refractivity contribution >= 4 is 57.7 Å². The number of aromatic nitrogens is 4. The number of aromatic amines is 2. The molecule has 2 aliphatic rings. The zero-order valence-corrected chi connectivity index (χ0v) is 31.4. The Labute approximate surface area is 349 Å². The predicted molar refractivity (Wildman–Crippen MR) is 213 cm³/mol. The average molecular weight is 885 g/mol. The molecule has 0 unspecified atom stereocenters. The van der Waals surface area contributed by atoms with Crippen LogP contribution in [-0.2, 0) is 0 Å². The maximum Gasteiger partial charge on any atom is 0.277 e. The normalized spacial score (nSPS) is 12.0. The summed E-state index contributed by atoms with van der Waals surface area (Å²) in [6.07, 6.45) is 4.51. The SMILES string of the molecule is O=[N+]([O-])c1ccccc1-c1c2nc(c(-c3c(F)c(F)c(F)c(F)c3F)c3ccc([nH]3)c(-c3ccccc3[N+](=O)[O-])c3nc(c(-c4c(F)c(F)c(F)c(F)c4F)c4ccc1[nH]4)C=C3)C=C2. The molecule has 0 saturated carbocycles. The second-order valence-electron chi connectivity index (χ2n) is 13.9. The Balaban J connectivity index is 1.57. The van der Waals surface area contributed by atoms with Crippen molar-refractivity contribution in [3.05, 3.63) is 174 Å². The van der Waals surface area contributed by atoms with Crippen LogP contribution in [0.2, 0.25) is 0 Å². The quantitative estimate of drug-likeness (QED) is 0.0559. The molecule has 0 atom stereocenters. The number of hydrogen-bond donors (Lipinski definition) is 2. The van der Waals surface area contributed by atoms with E-state index >= 15 is 17.6 Å². The zero-order valence-electron chi connectivity index (χ0n) is 31.4. The third-order valence-corrected chi connectivity index (χ3v) is 10.4. The van der Waals surface area contributed by atoms with Crippen LogP contribution in [0.3, 0.4) is 0 Å². The van der Waals surface area contributed by atoms with Crippen LogP contribution < -0.4 is 0 Å². The Morgan fingerprint density at radius 2 is 0.625 bits per heavy atom. The van der Waals surface area contributed by atoms with Crippen LogP contribution in [0, 0.1) is 78.4 Å². The van der Waals surface area contributed by atoms with Crippen molar-refractivity contribution in [2.75, 3.05) is 0 Å². The van der Waals surface area contributed by atoms with Crippen molar-refractivity contribution < 1.29 is 53.8 Å².